The van der Waals surface area contributed by atoms with Crippen LogP contribution in [0.5, 0.6) is 0 Å². The van der Waals surface area contributed by atoms with Gasteiger partial charge in [-0.15, -0.1) is 0 Å². The Labute approximate surface area is 159 Å². The molecule has 2 heterocycles. The summed E-state index contributed by atoms with van der Waals surface area (Å²) in [7, 11) is 3.64. The average Bonchev–Trinajstić information content (AvgIpc) is 2.91. The normalized spacial score (nSPS) is 11.4. The zero-order valence-electron chi connectivity index (χ0n) is 14.1. The van der Waals surface area contributed by atoms with E-state index in [1.165, 1.54) is 6.07 Å². The van der Waals surface area contributed by atoms with Crippen LogP contribution in [0.25, 0.3) is 33.1 Å². The summed E-state index contributed by atoms with van der Waals surface area (Å²) in [4.78, 5) is 23.8. The van der Waals surface area contributed by atoms with Crippen LogP contribution in [-0.2, 0) is 14.1 Å². The van der Waals surface area contributed by atoms with Gasteiger partial charge in [-0.25, -0.2) is 0 Å². The predicted molar refractivity (Wildman–Crippen MR) is 107 cm³/mol. The molecule has 0 aliphatic heterocycles. The van der Waals surface area contributed by atoms with Gasteiger partial charge in [-0.3, -0.25) is 14.2 Å². The van der Waals surface area contributed by atoms with Crippen LogP contribution in [0, 0.1) is 0 Å². The van der Waals surface area contributed by atoms with E-state index in [1.807, 2.05) is 23.7 Å². The van der Waals surface area contributed by atoms with Crippen molar-refractivity contribution < 1.29 is 4.79 Å². The van der Waals surface area contributed by atoms with Gasteiger partial charge in [0.15, 0.2) is 6.29 Å². The second-order valence-corrected chi connectivity index (χ2v) is 7.04. The highest BCUT2D eigenvalue weighted by atomic mass is 35.5. The van der Waals surface area contributed by atoms with Crippen molar-refractivity contribution in [2.45, 2.75) is 0 Å². The zero-order valence-corrected chi connectivity index (χ0v) is 15.6. The van der Waals surface area contributed by atoms with Gasteiger partial charge < -0.3 is 4.57 Å². The third-order valence-electron chi connectivity index (χ3n) is 4.77. The fourth-order valence-corrected chi connectivity index (χ4v) is 4.08. The number of aromatic nitrogens is 2. The van der Waals surface area contributed by atoms with E-state index in [0.717, 1.165) is 39.3 Å². The largest absolute Gasteiger partial charge is 0.330 e. The molecule has 4 nitrogen and oxygen atoms in total. The molecular formula is C20H14Cl2N2O2. The molecule has 4 aromatic rings. The summed E-state index contributed by atoms with van der Waals surface area (Å²) >= 11 is 12.5. The van der Waals surface area contributed by atoms with E-state index in [1.54, 1.807) is 35.9 Å². The van der Waals surface area contributed by atoms with Gasteiger partial charge in [-0.2, -0.15) is 0 Å². The summed E-state index contributed by atoms with van der Waals surface area (Å²) in [5, 5.41) is 2.76. The van der Waals surface area contributed by atoms with Crippen LogP contribution < -0.4 is 5.56 Å². The third-order valence-corrected chi connectivity index (χ3v) is 5.32. The number of pyridine rings is 1. The van der Waals surface area contributed by atoms with Crippen LogP contribution in [0.15, 0.2) is 47.3 Å². The number of nitrogens with zero attached hydrogens (tertiary/aromatic N) is 2. The maximum Gasteiger partial charge on any atom is 0.251 e. The average molecular weight is 385 g/mol. The van der Waals surface area contributed by atoms with E-state index in [0.29, 0.717) is 15.6 Å². The van der Waals surface area contributed by atoms with Crippen LogP contribution >= 0.6 is 23.2 Å². The van der Waals surface area contributed by atoms with Crippen LogP contribution in [0.2, 0.25) is 10.0 Å². The second-order valence-electron chi connectivity index (χ2n) is 6.19. The second kappa shape index (κ2) is 6.01. The molecule has 0 aliphatic rings. The maximum atomic E-state index is 12.1. The van der Waals surface area contributed by atoms with Crippen molar-refractivity contribution in [1.82, 2.24) is 9.13 Å². The first-order valence-corrected chi connectivity index (χ1v) is 8.71. The number of hydrogen-bond donors (Lipinski definition) is 0. The number of aryl methyl sites for hydroxylation is 2. The summed E-state index contributed by atoms with van der Waals surface area (Å²) in [5.74, 6) is 0. The fraction of sp³-hybridized carbons (Fsp3) is 0.100. The van der Waals surface area contributed by atoms with E-state index < -0.39 is 0 Å². The van der Waals surface area contributed by atoms with Crippen LogP contribution in [-0.4, -0.2) is 15.4 Å². The number of hydrogen-bond acceptors (Lipinski definition) is 2. The summed E-state index contributed by atoms with van der Waals surface area (Å²) in [6.45, 7) is 0. The Hall–Kier alpha value is -2.56. The van der Waals surface area contributed by atoms with E-state index in [4.69, 9.17) is 23.2 Å². The van der Waals surface area contributed by atoms with Crippen molar-refractivity contribution in [3.63, 3.8) is 0 Å². The molecule has 0 aliphatic carbocycles. The Morgan fingerprint density at radius 2 is 1.73 bits per heavy atom. The van der Waals surface area contributed by atoms with Gasteiger partial charge in [-0.05, 0) is 30.3 Å². The first-order valence-electron chi connectivity index (χ1n) is 7.95. The molecule has 0 atom stereocenters. The lowest BCUT2D eigenvalue weighted by molar-refractivity contribution is 0.112. The van der Waals surface area contributed by atoms with Crippen LogP contribution in [0.3, 0.4) is 0 Å². The molecule has 0 unspecified atom stereocenters. The molecule has 130 valence electrons. The Bertz CT molecular complexity index is 1270. The number of carbonyl (C=O) groups is 1. The molecule has 0 N–H and O–H groups in total. The minimum Gasteiger partial charge on any atom is -0.330 e. The lowest BCUT2D eigenvalue weighted by atomic mass is 9.95. The van der Waals surface area contributed by atoms with Gasteiger partial charge in [-0.1, -0.05) is 29.3 Å². The van der Waals surface area contributed by atoms with Crippen molar-refractivity contribution in [3.8, 4) is 11.1 Å². The smallest absolute Gasteiger partial charge is 0.251 e. The number of benzene rings is 2. The molecule has 0 amide bonds. The van der Waals surface area contributed by atoms with Crippen molar-refractivity contribution in [1.29, 1.82) is 0 Å². The van der Waals surface area contributed by atoms with Crippen molar-refractivity contribution in [2.24, 2.45) is 14.1 Å². The fourth-order valence-electron chi connectivity index (χ4n) is 3.58. The van der Waals surface area contributed by atoms with Gasteiger partial charge in [0.1, 0.15) is 5.65 Å². The number of rotatable bonds is 2. The lowest BCUT2D eigenvalue weighted by Crippen LogP contribution is -2.16. The van der Waals surface area contributed by atoms with Gasteiger partial charge in [0.05, 0.1) is 5.52 Å². The first kappa shape index (κ1) is 16.9. The topological polar surface area (TPSA) is 44.0 Å². The van der Waals surface area contributed by atoms with Gasteiger partial charge >= 0.3 is 0 Å². The van der Waals surface area contributed by atoms with Gasteiger partial charge in [0.25, 0.3) is 5.56 Å². The van der Waals surface area contributed by atoms with Crippen molar-refractivity contribution in [2.75, 3.05) is 0 Å². The first-order chi connectivity index (χ1) is 12.4. The summed E-state index contributed by atoms with van der Waals surface area (Å²) in [6, 6.07) is 12.2. The number of fused-ring (bicyclic) bond motifs is 3. The molecule has 0 spiro atoms. The Morgan fingerprint density at radius 1 is 0.962 bits per heavy atom. The Balaban J connectivity index is 2.28. The molecule has 2 aromatic carbocycles. The molecule has 0 bridgehead atoms. The summed E-state index contributed by atoms with van der Waals surface area (Å²) in [5.41, 5.74) is 3.59. The number of carbonyl (C=O) groups excluding carboxylic acids is 1. The molecular weight excluding hydrogens is 371 g/mol. The maximum absolute atomic E-state index is 12.1. The van der Waals surface area contributed by atoms with Crippen molar-refractivity contribution in [3.05, 3.63) is 68.4 Å². The third kappa shape index (κ3) is 2.30. The Kier molecular flexibility index (Phi) is 3.90. The standard InChI is InChI=1S/C20H14Cl2N2O2/c1-23-16-7-3-11(10-25)18(13-5-4-12(21)9-15(13)22)19(16)14-6-8-17(26)24(2)20(14)23/h3-10H,1-2H3. The molecule has 0 radical (unpaired) electrons. The summed E-state index contributed by atoms with van der Waals surface area (Å²) in [6.07, 6.45) is 0.820. The highest BCUT2D eigenvalue weighted by molar-refractivity contribution is 6.37. The SMILES string of the molecule is Cn1c(=O)ccc2c3c(-c4ccc(Cl)cc4Cl)c(C=O)ccc3n(C)c21. The van der Waals surface area contributed by atoms with Crippen molar-refractivity contribution >= 4 is 51.4 Å². The minimum atomic E-state index is -0.0925. The molecule has 0 fully saturated rings. The summed E-state index contributed by atoms with van der Waals surface area (Å²) < 4.78 is 3.55. The quantitative estimate of drug-likeness (QED) is 0.465. The zero-order chi connectivity index (χ0) is 18.6. The number of aldehydes is 1. The highest BCUT2D eigenvalue weighted by Gasteiger charge is 2.19. The van der Waals surface area contributed by atoms with E-state index >= 15 is 0 Å². The predicted octanol–water partition coefficient (Wildman–Crippen LogP) is 4.82. The number of halogens is 2. The minimum absolute atomic E-state index is 0.0925. The van der Waals surface area contributed by atoms with E-state index in [-0.39, 0.29) is 5.56 Å². The Morgan fingerprint density at radius 3 is 2.42 bits per heavy atom. The van der Waals surface area contributed by atoms with E-state index in [2.05, 4.69) is 0 Å². The van der Waals surface area contributed by atoms with Crippen LogP contribution in [0.1, 0.15) is 10.4 Å². The van der Waals surface area contributed by atoms with Gasteiger partial charge in [0.2, 0.25) is 0 Å². The molecule has 0 saturated heterocycles. The van der Waals surface area contributed by atoms with Crippen LogP contribution in [0.4, 0.5) is 0 Å². The lowest BCUT2D eigenvalue weighted by Gasteiger charge is -2.11. The highest BCUT2D eigenvalue weighted by Crippen LogP contribution is 2.40. The molecule has 4 rings (SSSR count). The van der Waals surface area contributed by atoms with E-state index in [9.17, 15) is 9.59 Å². The molecule has 2 aromatic heterocycles. The molecule has 26 heavy (non-hydrogen) atoms. The molecule has 6 heteroatoms. The molecule has 0 saturated carbocycles. The monoisotopic (exact) mass is 384 g/mol. The van der Waals surface area contributed by atoms with Gasteiger partial charge in [0, 0.05) is 57.7 Å².